The molecule has 0 radical (unpaired) electrons. The fourth-order valence-electron chi connectivity index (χ4n) is 5.90. The van der Waals surface area contributed by atoms with Gasteiger partial charge < -0.3 is 19.2 Å². The molecule has 0 saturated carbocycles. The first-order valence-electron chi connectivity index (χ1n) is 12.9. The number of halogens is 1. The maximum atomic E-state index is 12.4. The van der Waals surface area contributed by atoms with Crippen molar-refractivity contribution >= 4 is 22.6 Å². The summed E-state index contributed by atoms with van der Waals surface area (Å²) < 4.78 is 11.1. The second kappa shape index (κ2) is 11.9. The van der Waals surface area contributed by atoms with E-state index in [0.29, 0.717) is 41.3 Å². The molecule has 0 amide bonds. The third-order valence-corrected chi connectivity index (χ3v) is 7.95. The van der Waals surface area contributed by atoms with Gasteiger partial charge in [-0.1, -0.05) is 31.4 Å². The van der Waals surface area contributed by atoms with Crippen molar-refractivity contribution in [3.8, 4) is 5.75 Å². The number of benzene rings is 1. The van der Waals surface area contributed by atoms with Gasteiger partial charge in [0.1, 0.15) is 11.3 Å². The summed E-state index contributed by atoms with van der Waals surface area (Å²) in [6, 6.07) is 3.94. The molecule has 6 nitrogen and oxygen atoms in total. The molecular weight excluding hydrogens is 452 g/mol. The SMILES string of the molecule is CCCCc1cc(=O)oc2c(CN(CCOC)CC3CCCN4CCCCC34)c(O)c(Cl)cc12. The summed E-state index contributed by atoms with van der Waals surface area (Å²) in [6.45, 7) is 7.30. The molecule has 2 atom stereocenters. The molecule has 7 heteroatoms. The number of nitrogens with zero attached hydrogens (tertiary/aromatic N) is 2. The molecule has 0 aliphatic carbocycles. The minimum absolute atomic E-state index is 0.00955. The van der Waals surface area contributed by atoms with Crippen LogP contribution in [0.25, 0.3) is 11.0 Å². The molecule has 2 aliphatic heterocycles. The van der Waals surface area contributed by atoms with Gasteiger partial charge in [0.15, 0.2) is 0 Å². The van der Waals surface area contributed by atoms with E-state index in [4.69, 9.17) is 20.8 Å². The topological polar surface area (TPSA) is 66.2 Å². The predicted molar refractivity (Wildman–Crippen MR) is 137 cm³/mol. The number of unbranched alkanes of at least 4 members (excludes halogenated alkanes) is 1. The second-order valence-corrected chi connectivity index (χ2v) is 10.4. The molecule has 1 N–H and O–H groups in total. The van der Waals surface area contributed by atoms with E-state index >= 15 is 0 Å². The number of aryl methyl sites for hydroxylation is 1. The highest BCUT2D eigenvalue weighted by Gasteiger charge is 2.34. The Morgan fingerprint density at radius 1 is 1.24 bits per heavy atom. The number of phenols is 1. The van der Waals surface area contributed by atoms with Crippen LogP contribution in [0.5, 0.6) is 5.75 Å². The first kappa shape index (κ1) is 25.5. The van der Waals surface area contributed by atoms with E-state index in [9.17, 15) is 9.90 Å². The maximum Gasteiger partial charge on any atom is 0.336 e. The number of fused-ring (bicyclic) bond motifs is 2. The van der Waals surface area contributed by atoms with E-state index in [0.717, 1.165) is 43.3 Å². The molecule has 188 valence electrons. The monoisotopic (exact) mass is 490 g/mol. The first-order valence-corrected chi connectivity index (χ1v) is 13.3. The summed E-state index contributed by atoms with van der Waals surface area (Å²) in [4.78, 5) is 17.4. The van der Waals surface area contributed by atoms with Gasteiger partial charge in [0.2, 0.25) is 0 Å². The quantitative estimate of drug-likeness (QED) is 0.461. The van der Waals surface area contributed by atoms with Gasteiger partial charge in [-0.05, 0) is 69.2 Å². The van der Waals surface area contributed by atoms with Crippen molar-refractivity contribution in [3.63, 3.8) is 0 Å². The summed E-state index contributed by atoms with van der Waals surface area (Å²) >= 11 is 6.49. The Balaban J connectivity index is 1.66. The molecule has 2 unspecified atom stereocenters. The summed E-state index contributed by atoms with van der Waals surface area (Å²) in [5.41, 5.74) is 1.62. The van der Waals surface area contributed by atoms with Crippen LogP contribution in [0.15, 0.2) is 21.3 Å². The standard InChI is InChI=1S/C27H39ClN2O4/c1-3-4-8-19-15-25(31)34-27-21(19)16-23(28)26(32)22(27)18-29(13-14-33-2)17-20-9-7-12-30-11-6-5-10-24(20)30/h15-16,20,24,32H,3-14,17-18H2,1-2H3. The average Bonchev–Trinajstić information content (AvgIpc) is 2.84. The number of aromatic hydroxyl groups is 1. The second-order valence-electron chi connectivity index (χ2n) is 9.99. The van der Waals surface area contributed by atoms with Gasteiger partial charge in [-0.15, -0.1) is 0 Å². The van der Waals surface area contributed by atoms with Crippen LogP contribution >= 0.6 is 11.6 Å². The molecule has 2 saturated heterocycles. The third kappa shape index (κ3) is 5.78. The smallest absolute Gasteiger partial charge is 0.336 e. The van der Waals surface area contributed by atoms with E-state index in [1.165, 1.54) is 45.2 Å². The zero-order valence-electron chi connectivity index (χ0n) is 20.7. The van der Waals surface area contributed by atoms with Gasteiger partial charge in [-0.25, -0.2) is 4.79 Å². The van der Waals surface area contributed by atoms with Crippen molar-refractivity contribution in [1.29, 1.82) is 0 Å². The number of methoxy groups -OCH3 is 1. The van der Waals surface area contributed by atoms with Gasteiger partial charge >= 0.3 is 5.63 Å². The zero-order valence-corrected chi connectivity index (χ0v) is 21.4. The number of hydrogen-bond acceptors (Lipinski definition) is 6. The number of rotatable bonds is 10. The number of ether oxygens (including phenoxy) is 1. The van der Waals surface area contributed by atoms with Crippen LogP contribution < -0.4 is 5.63 Å². The highest BCUT2D eigenvalue weighted by molar-refractivity contribution is 6.33. The van der Waals surface area contributed by atoms with Crippen molar-refractivity contribution in [2.24, 2.45) is 5.92 Å². The maximum absolute atomic E-state index is 12.4. The Hall–Kier alpha value is -1.60. The lowest BCUT2D eigenvalue weighted by Crippen LogP contribution is -2.51. The van der Waals surface area contributed by atoms with Gasteiger partial charge in [0.05, 0.1) is 17.2 Å². The van der Waals surface area contributed by atoms with Crippen LogP contribution in [0.4, 0.5) is 0 Å². The molecule has 0 spiro atoms. The van der Waals surface area contributed by atoms with E-state index in [1.807, 2.05) is 0 Å². The average molecular weight is 491 g/mol. The third-order valence-electron chi connectivity index (χ3n) is 7.66. The van der Waals surface area contributed by atoms with E-state index in [-0.39, 0.29) is 11.4 Å². The van der Waals surface area contributed by atoms with Crippen LogP contribution in [-0.2, 0) is 17.7 Å². The van der Waals surface area contributed by atoms with Crippen LogP contribution in [-0.4, -0.2) is 60.8 Å². The summed E-state index contributed by atoms with van der Waals surface area (Å²) in [5, 5.41) is 12.1. The molecule has 34 heavy (non-hydrogen) atoms. The largest absolute Gasteiger partial charge is 0.506 e. The number of phenolic OH excluding ortho intramolecular Hbond substituents is 1. The lowest BCUT2D eigenvalue weighted by molar-refractivity contribution is 0.0335. The van der Waals surface area contributed by atoms with Crippen LogP contribution in [0, 0.1) is 5.92 Å². The van der Waals surface area contributed by atoms with Crippen LogP contribution in [0.3, 0.4) is 0 Å². The van der Waals surface area contributed by atoms with Crippen molar-refractivity contribution in [3.05, 3.63) is 38.7 Å². The summed E-state index contributed by atoms with van der Waals surface area (Å²) in [6.07, 6.45) is 9.13. The molecule has 1 aromatic carbocycles. The van der Waals surface area contributed by atoms with Crippen molar-refractivity contribution in [2.45, 2.75) is 70.9 Å². The number of piperidine rings is 2. The highest BCUT2D eigenvalue weighted by atomic mass is 35.5. The van der Waals surface area contributed by atoms with Crippen molar-refractivity contribution < 1.29 is 14.3 Å². The molecule has 2 aromatic rings. The molecule has 1 aromatic heterocycles. The molecule has 2 aliphatic rings. The Bertz CT molecular complexity index is 1020. The summed E-state index contributed by atoms with van der Waals surface area (Å²) in [7, 11) is 1.72. The van der Waals surface area contributed by atoms with Gasteiger partial charge in [0.25, 0.3) is 0 Å². The van der Waals surface area contributed by atoms with E-state index < -0.39 is 0 Å². The van der Waals surface area contributed by atoms with Crippen LogP contribution in [0.2, 0.25) is 5.02 Å². The van der Waals surface area contributed by atoms with Crippen molar-refractivity contribution in [1.82, 2.24) is 9.80 Å². The lowest BCUT2D eigenvalue weighted by atomic mass is 9.83. The Morgan fingerprint density at radius 2 is 2.06 bits per heavy atom. The molecule has 4 rings (SSSR count). The molecule has 0 bridgehead atoms. The lowest BCUT2D eigenvalue weighted by Gasteiger charge is -2.45. The Morgan fingerprint density at radius 3 is 2.85 bits per heavy atom. The van der Waals surface area contributed by atoms with Crippen LogP contribution in [0.1, 0.15) is 63.0 Å². The Labute approximate surface area is 207 Å². The van der Waals surface area contributed by atoms with E-state index in [2.05, 4.69) is 16.7 Å². The number of hydrogen-bond donors (Lipinski definition) is 1. The zero-order chi connectivity index (χ0) is 24.1. The van der Waals surface area contributed by atoms with E-state index in [1.54, 1.807) is 19.2 Å². The fraction of sp³-hybridized carbons (Fsp3) is 0.667. The van der Waals surface area contributed by atoms with Gasteiger partial charge in [0, 0.05) is 44.2 Å². The first-order chi connectivity index (χ1) is 16.5. The molecule has 2 fully saturated rings. The molecular formula is C27H39ClN2O4. The fourth-order valence-corrected chi connectivity index (χ4v) is 6.12. The summed E-state index contributed by atoms with van der Waals surface area (Å²) in [5.74, 6) is 0.598. The normalized spacial score (nSPS) is 21.3. The minimum Gasteiger partial charge on any atom is -0.506 e. The van der Waals surface area contributed by atoms with Crippen molar-refractivity contribution in [2.75, 3.05) is 39.9 Å². The van der Waals surface area contributed by atoms with Gasteiger partial charge in [-0.2, -0.15) is 0 Å². The highest BCUT2D eigenvalue weighted by Crippen LogP contribution is 2.37. The Kier molecular flexibility index (Phi) is 8.92. The molecule has 3 heterocycles. The minimum atomic E-state index is -0.379. The predicted octanol–water partition coefficient (Wildman–Crippen LogP) is 5.21. The van der Waals surface area contributed by atoms with Gasteiger partial charge in [-0.3, -0.25) is 4.90 Å².